The van der Waals surface area contributed by atoms with Crippen LogP contribution in [0.2, 0.25) is 0 Å². The van der Waals surface area contributed by atoms with Crippen LogP contribution in [-0.2, 0) is 16.6 Å². The molecular weight excluding hydrogens is 298 g/mol. The Kier molecular flexibility index (Phi) is 7.21. The van der Waals surface area contributed by atoms with Gasteiger partial charge in [0.2, 0.25) is 10.0 Å². The normalized spacial score (nSPS) is 12.3. The van der Waals surface area contributed by atoms with Crippen molar-refractivity contribution in [2.24, 2.45) is 0 Å². The maximum absolute atomic E-state index is 12.5. The molecule has 0 unspecified atom stereocenters. The third kappa shape index (κ3) is 6.50. The molecule has 0 atom stereocenters. The fraction of sp³-hybridized carbons (Fsp3) is 0.571. The topological polar surface area (TPSA) is 49.4 Å². The number of rotatable bonds is 9. The number of nitrogens with zero attached hydrogens (tertiary/aromatic N) is 1. The van der Waals surface area contributed by atoms with Crippen molar-refractivity contribution < 1.29 is 17.2 Å². The van der Waals surface area contributed by atoms with Gasteiger partial charge in [0.1, 0.15) is 0 Å². The summed E-state index contributed by atoms with van der Waals surface area (Å²) < 4.78 is 49.3. The minimum absolute atomic E-state index is 0.0172. The Morgan fingerprint density at radius 2 is 2.05 bits per heavy atom. The standard InChI is InChI=1S/C14H22F2N2O2S/c1-3-18(21(2,19)20)9-5-8-17-11-12-6-4-7-13(10-12)14(15)16/h4,6-7,10,14,17H,3,5,8-9,11H2,1-2H3. The van der Waals surface area contributed by atoms with E-state index >= 15 is 0 Å². The first kappa shape index (κ1) is 18.0. The van der Waals surface area contributed by atoms with Crippen LogP contribution in [0.4, 0.5) is 8.78 Å². The van der Waals surface area contributed by atoms with Gasteiger partial charge in [-0.05, 0) is 24.6 Å². The van der Waals surface area contributed by atoms with Gasteiger partial charge >= 0.3 is 0 Å². The minimum Gasteiger partial charge on any atom is -0.313 e. The molecule has 0 aliphatic rings. The summed E-state index contributed by atoms with van der Waals surface area (Å²) in [5.41, 5.74) is 0.812. The maximum atomic E-state index is 12.5. The molecule has 0 aliphatic carbocycles. The maximum Gasteiger partial charge on any atom is 0.263 e. The second-order valence-electron chi connectivity index (χ2n) is 4.83. The summed E-state index contributed by atoms with van der Waals surface area (Å²) in [7, 11) is -3.15. The van der Waals surface area contributed by atoms with Crippen LogP contribution in [0.3, 0.4) is 0 Å². The summed E-state index contributed by atoms with van der Waals surface area (Å²) in [5, 5.41) is 3.13. The van der Waals surface area contributed by atoms with E-state index in [1.807, 2.05) is 0 Å². The lowest BCUT2D eigenvalue weighted by Crippen LogP contribution is -2.32. The molecule has 1 aromatic carbocycles. The summed E-state index contributed by atoms with van der Waals surface area (Å²) in [6.45, 7) is 3.83. The Balaban J connectivity index is 2.33. The first-order valence-corrected chi connectivity index (χ1v) is 8.72. The van der Waals surface area contributed by atoms with E-state index in [0.717, 1.165) is 5.56 Å². The molecule has 0 heterocycles. The lowest BCUT2D eigenvalue weighted by molar-refractivity contribution is 0.151. The van der Waals surface area contributed by atoms with Gasteiger partial charge in [0.15, 0.2) is 0 Å². The molecule has 0 saturated heterocycles. The second kappa shape index (κ2) is 8.41. The Labute approximate surface area is 125 Å². The molecule has 1 rings (SSSR count). The zero-order valence-corrected chi connectivity index (χ0v) is 13.2. The number of nitrogens with one attached hydrogen (secondary N) is 1. The number of sulfonamides is 1. The largest absolute Gasteiger partial charge is 0.313 e. The van der Waals surface area contributed by atoms with Gasteiger partial charge in [-0.25, -0.2) is 21.5 Å². The van der Waals surface area contributed by atoms with E-state index < -0.39 is 16.4 Å². The molecule has 0 saturated carbocycles. The van der Waals surface area contributed by atoms with E-state index in [1.54, 1.807) is 19.1 Å². The predicted octanol–water partition coefficient (Wildman–Crippen LogP) is 2.39. The molecule has 0 aliphatic heterocycles. The predicted molar refractivity (Wildman–Crippen MR) is 79.8 cm³/mol. The van der Waals surface area contributed by atoms with Crippen molar-refractivity contribution in [3.63, 3.8) is 0 Å². The van der Waals surface area contributed by atoms with Crippen LogP contribution >= 0.6 is 0 Å². The van der Waals surface area contributed by atoms with Crippen molar-refractivity contribution in [3.05, 3.63) is 35.4 Å². The van der Waals surface area contributed by atoms with Gasteiger partial charge in [0, 0.05) is 25.2 Å². The van der Waals surface area contributed by atoms with Crippen molar-refractivity contribution in [3.8, 4) is 0 Å². The van der Waals surface area contributed by atoms with Gasteiger partial charge in [0.05, 0.1) is 6.26 Å². The van der Waals surface area contributed by atoms with Gasteiger partial charge < -0.3 is 5.32 Å². The van der Waals surface area contributed by atoms with Gasteiger partial charge in [-0.2, -0.15) is 0 Å². The van der Waals surface area contributed by atoms with Crippen LogP contribution in [0, 0.1) is 0 Å². The summed E-state index contributed by atoms with van der Waals surface area (Å²) in [4.78, 5) is 0. The third-order valence-electron chi connectivity index (χ3n) is 3.11. The highest BCUT2D eigenvalue weighted by Crippen LogP contribution is 2.19. The summed E-state index contributed by atoms with van der Waals surface area (Å²) >= 11 is 0. The van der Waals surface area contributed by atoms with E-state index in [2.05, 4.69) is 5.32 Å². The first-order chi connectivity index (χ1) is 9.84. The summed E-state index contributed by atoms with van der Waals surface area (Å²) in [5.74, 6) is 0. The Morgan fingerprint density at radius 1 is 1.33 bits per heavy atom. The highest BCUT2D eigenvalue weighted by Gasteiger charge is 2.13. The van der Waals surface area contributed by atoms with E-state index in [-0.39, 0.29) is 5.56 Å². The molecule has 0 spiro atoms. The van der Waals surface area contributed by atoms with Crippen LogP contribution in [0.25, 0.3) is 0 Å². The first-order valence-electron chi connectivity index (χ1n) is 6.87. The van der Waals surface area contributed by atoms with Crippen LogP contribution in [0.5, 0.6) is 0 Å². The zero-order chi connectivity index (χ0) is 15.9. The monoisotopic (exact) mass is 320 g/mol. The molecular formula is C14H22F2N2O2S. The Morgan fingerprint density at radius 3 is 2.62 bits per heavy atom. The fourth-order valence-electron chi connectivity index (χ4n) is 2.01. The molecule has 1 N–H and O–H groups in total. The van der Waals surface area contributed by atoms with Crippen molar-refractivity contribution in [2.75, 3.05) is 25.9 Å². The van der Waals surface area contributed by atoms with Crippen molar-refractivity contribution in [2.45, 2.75) is 26.3 Å². The van der Waals surface area contributed by atoms with E-state index in [4.69, 9.17) is 0 Å². The molecule has 4 nitrogen and oxygen atoms in total. The molecule has 0 radical (unpaired) electrons. The number of alkyl halides is 2. The Hall–Kier alpha value is -1.05. The van der Waals surface area contributed by atoms with Gasteiger partial charge in [-0.1, -0.05) is 25.1 Å². The van der Waals surface area contributed by atoms with Gasteiger partial charge in [0.25, 0.3) is 6.43 Å². The van der Waals surface area contributed by atoms with Crippen LogP contribution < -0.4 is 5.32 Å². The summed E-state index contributed by atoms with van der Waals surface area (Å²) in [6, 6.07) is 6.28. The van der Waals surface area contributed by atoms with Crippen LogP contribution in [0.15, 0.2) is 24.3 Å². The minimum atomic E-state index is -3.15. The Bertz CT molecular complexity index is 536. The van der Waals surface area contributed by atoms with E-state index in [1.165, 1.54) is 22.7 Å². The quantitative estimate of drug-likeness (QED) is 0.711. The number of benzene rings is 1. The fourth-order valence-corrected chi connectivity index (χ4v) is 2.94. The van der Waals surface area contributed by atoms with Gasteiger partial charge in [-0.15, -0.1) is 0 Å². The average Bonchev–Trinajstić information content (AvgIpc) is 2.41. The second-order valence-corrected chi connectivity index (χ2v) is 6.81. The highest BCUT2D eigenvalue weighted by atomic mass is 32.2. The zero-order valence-electron chi connectivity index (χ0n) is 12.4. The van der Waals surface area contributed by atoms with E-state index in [0.29, 0.717) is 32.6 Å². The molecule has 120 valence electrons. The molecule has 0 bridgehead atoms. The van der Waals surface area contributed by atoms with Crippen molar-refractivity contribution in [1.82, 2.24) is 9.62 Å². The third-order valence-corrected chi connectivity index (χ3v) is 4.49. The number of hydrogen-bond donors (Lipinski definition) is 1. The van der Waals surface area contributed by atoms with Crippen LogP contribution in [0.1, 0.15) is 30.9 Å². The lowest BCUT2D eigenvalue weighted by atomic mass is 10.1. The van der Waals surface area contributed by atoms with E-state index in [9.17, 15) is 17.2 Å². The number of halogens is 2. The number of hydrogen-bond acceptors (Lipinski definition) is 3. The molecule has 21 heavy (non-hydrogen) atoms. The SMILES string of the molecule is CCN(CCCNCc1cccc(C(F)F)c1)S(C)(=O)=O. The molecule has 0 aromatic heterocycles. The molecule has 0 amide bonds. The van der Waals surface area contributed by atoms with Crippen molar-refractivity contribution >= 4 is 10.0 Å². The molecule has 1 aromatic rings. The van der Waals surface area contributed by atoms with Crippen LogP contribution in [-0.4, -0.2) is 38.6 Å². The lowest BCUT2D eigenvalue weighted by Gasteiger charge is -2.17. The highest BCUT2D eigenvalue weighted by molar-refractivity contribution is 7.88. The molecule has 7 heteroatoms. The summed E-state index contributed by atoms with van der Waals surface area (Å²) in [6.07, 6.45) is -0.590. The average molecular weight is 320 g/mol. The van der Waals surface area contributed by atoms with Gasteiger partial charge in [-0.3, -0.25) is 0 Å². The van der Waals surface area contributed by atoms with Crippen molar-refractivity contribution in [1.29, 1.82) is 0 Å². The molecule has 0 fully saturated rings. The smallest absolute Gasteiger partial charge is 0.263 e.